The lowest BCUT2D eigenvalue weighted by Gasteiger charge is -2.33. The molecular weight excluding hydrogens is 316 g/mol. The number of benzene rings is 1. The SMILES string of the molecule is CSc1nccc(N2CCC(NCCCc3ccccc3)CC2)n1. The molecule has 2 heterocycles. The van der Waals surface area contributed by atoms with E-state index in [0.29, 0.717) is 6.04 Å². The summed E-state index contributed by atoms with van der Waals surface area (Å²) in [6, 6.07) is 13.4. The summed E-state index contributed by atoms with van der Waals surface area (Å²) in [4.78, 5) is 11.2. The Morgan fingerprint density at radius 1 is 1.17 bits per heavy atom. The minimum Gasteiger partial charge on any atom is -0.356 e. The van der Waals surface area contributed by atoms with Crippen LogP contribution in [0.2, 0.25) is 0 Å². The smallest absolute Gasteiger partial charge is 0.189 e. The molecule has 0 atom stereocenters. The number of nitrogens with zero attached hydrogens (tertiary/aromatic N) is 3. The number of piperidine rings is 1. The van der Waals surface area contributed by atoms with Crippen molar-refractivity contribution in [3.8, 4) is 0 Å². The summed E-state index contributed by atoms with van der Waals surface area (Å²) < 4.78 is 0. The molecule has 1 aromatic carbocycles. The van der Waals surface area contributed by atoms with Crippen molar-refractivity contribution in [2.24, 2.45) is 0 Å². The molecule has 128 valence electrons. The van der Waals surface area contributed by atoms with Crippen LogP contribution < -0.4 is 10.2 Å². The lowest BCUT2D eigenvalue weighted by molar-refractivity contribution is 0.411. The van der Waals surface area contributed by atoms with Gasteiger partial charge < -0.3 is 10.2 Å². The number of hydrogen-bond acceptors (Lipinski definition) is 5. The summed E-state index contributed by atoms with van der Waals surface area (Å²) in [6.45, 7) is 3.24. The second kappa shape index (κ2) is 9.04. The van der Waals surface area contributed by atoms with Crippen molar-refractivity contribution in [1.29, 1.82) is 0 Å². The molecule has 5 heteroatoms. The first kappa shape index (κ1) is 17.2. The zero-order valence-corrected chi connectivity index (χ0v) is 15.1. The Bertz CT molecular complexity index is 612. The van der Waals surface area contributed by atoms with Gasteiger partial charge in [0.15, 0.2) is 5.16 Å². The quantitative estimate of drug-likeness (QED) is 0.474. The normalized spacial score (nSPS) is 15.6. The number of thioether (sulfide) groups is 1. The van der Waals surface area contributed by atoms with Crippen LogP contribution in [0.4, 0.5) is 5.82 Å². The molecule has 1 saturated heterocycles. The number of aryl methyl sites for hydroxylation is 1. The molecule has 2 aromatic rings. The Morgan fingerprint density at radius 2 is 1.96 bits per heavy atom. The van der Waals surface area contributed by atoms with Gasteiger partial charge >= 0.3 is 0 Å². The maximum atomic E-state index is 4.61. The second-order valence-electron chi connectivity index (χ2n) is 6.21. The Morgan fingerprint density at radius 3 is 2.71 bits per heavy atom. The number of anilines is 1. The zero-order valence-electron chi connectivity index (χ0n) is 14.3. The van der Waals surface area contributed by atoms with Gasteiger partial charge in [0.25, 0.3) is 0 Å². The topological polar surface area (TPSA) is 41.1 Å². The predicted octanol–water partition coefficient (Wildman–Crippen LogP) is 3.39. The van der Waals surface area contributed by atoms with Gasteiger partial charge in [-0.05, 0) is 50.1 Å². The van der Waals surface area contributed by atoms with Gasteiger partial charge in [0.2, 0.25) is 0 Å². The maximum Gasteiger partial charge on any atom is 0.189 e. The Labute approximate surface area is 149 Å². The van der Waals surface area contributed by atoms with Crippen LogP contribution >= 0.6 is 11.8 Å². The van der Waals surface area contributed by atoms with E-state index in [4.69, 9.17) is 0 Å². The molecule has 1 aliphatic heterocycles. The van der Waals surface area contributed by atoms with Crippen molar-refractivity contribution >= 4 is 17.6 Å². The molecule has 1 fully saturated rings. The number of aromatic nitrogens is 2. The summed E-state index contributed by atoms with van der Waals surface area (Å²) in [5.74, 6) is 1.07. The van der Waals surface area contributed by atoms with Crippen LogP contribution in [0.1, 0.15) is 24.8 Å². The first-order valence-electron chi connectivity index (χ1n) is 8.74. The third-order valence-electron chi connectivity index (χ3n) is 4.54. The molecule has 1 aliphatic rings. The molecule has 1 aromatic heterocycles. The summed E-state index contributed by atoms with van der Waals surface area (Å²) in [6.07, 6.45) is 8.61. The number of rotatable bonds is 7. The van der Waals surface area contributed by atoms with Crippen LogP contribution in [0.5, 0.6) is 0 Å². The first-order chi connectivity index (χ1) is 11.8. The van der Waals surface area contributed by atoms with Crippen LogP contribution in [0.25, 0.3) is 0 Å². The average Bonchev–Trinajstić information content (AvgIpc) is 2.66. The minimum atomic E-state index is 0.638. The van der Waals surface area contributed by atoms with Gasteiger partial charge in [0.1, 0.15) is 5.82 Å². The monoisotopic (exact) mass is 342 g/mol. The Kier molecular flexibility index (Phi) is 6.49. The van der Waals surface area contributed by atoms with Gasteiger partial charge in [-0.2, -0.15) is 0 Å². The first-order valence-corrected chi connectivity index (χ1v) is 9.97. The van der Waals surface area contributed by atoms with Gasteiger partial charge in [0, 0.05) is 25.3 Å². The van der Waals surface area contributed by atoms with Crippen molar-refractivity contribution in [3.05, 3.63) is 48.2 Å². The summed E-state index contributed by atoms with van der Waals surface area (Å²) in [5.41, 5.74) is 1.43. The highest BCUT2D eigenvalue weighted by Crippen LogP contribution is 2.19. The molecule has 1 N–H and O–H groups in total. The molecule has 0 unspecified atom stereocenters. The molecule has 0 radical (unpaired) electrons. The lowest BCUT2D eigenvalue weighted by Crippen LogP contribution is -2.43. The number of hydrogen-bond donors (Lipinski definition) is 1. The molecule has 4 nitrogen and oxygen atoms in total. The van der Waals surface area contributed by atoms with Crippen molar-refractivity contribution in [3.63, 3.8) is 0 Å². The summed E-state index contributed by atoms with van der Waals surface area (Å²) in [5, 5.41) is 4.58. The minimum absolute atomic E-state index is 0.638. The molecule has 3 rings (SSSR count). The standard InChI is InChI=1S/C19H26N4S/c1-24-19-21-13-9-18(22-19)23-14-10-17(11-15-23)20-12-5-8-16-6-3-2-4-7-16/h2-4,6-7,9,13,17,20H,5,8,10-12,14-15H2,1H3. The molecule has 0 amide bonds. The third-order valence-corrected chi connectivity index (χ3v) is 5.10. The van der Waals surface area contributed by atoms with E-state index in [1.165, 1.54) is 24.8 Å². The Hall–Kier alpha value is -1.59. The summed E-state index contributed by atoms with van der Waals surface area (Å²) >= 11 is 1.60. The molecule has 24 heavy (non-hydrogen) atoms. The van der Waals surface area contributed by atoms with Crippen LogP contribution in [-0.4, -0.2) is 41.9 Å². The van der Waals surface area contributed by atoms with Crippen LogP contribution in [0.15, 0.2) is 47.8 Å². The fraction of sp³-hybridized carbons (Fsp3) is 0.474. The second-order valence-corrected chi connectivity index (χ2v) is 6.98. The van der Waals surface area contributed by atoms with Gasteiger partial charge in [-0.3, -0.25) is 0 Å². The Balaban J connectivity index is 1.37. The van der Waals surface area contributed by atoms with Crippen LogP contribution in [0, 0.1) is 0 Å². The highest BCUT2D eigenvalue weighted by molar-refractivity contribution is 7.98. The fourth-order valence-electron chi connectivity index (χ4n) is 3.16. The van der Waals surface area contributed by atoms with E-state index >= 15 is 0 Å². The zero-order chi connectivity index (χ0) is 16.6. The highest BCUT2D eigenvalue weighted by atomic mass is 32.2. The molecule has 0 bridgehead atoms. The van der Waals surface area contributed by atoms with E-state index in [1.807, 2.05) is 18.5 Å². The van der Waals surface area contributed by atoms with E-state index in [0.717, 1.165) is 37.0 Å². The molecule has 0 aliphatic carbocycles. The van der Waals surface area contributed by atoms with E-state index < -0.39 is 0 Å². The van der Waals surface area contributed by atoms with Gasteiger partial charge in [-0.15, -0.1) is 0 Å². The predicted molar refractivity (Wildman–Crippen MR) is 102 cm³/mol. The van der Waals surface area contributed by atoms with Crippen molar-refractivity contribution in [1.82, 2.24) is 15.3 Å². The van der Waals surface area contributed by atoms with Gasteiger partial charge in [-0.1, -0.05) is 42.1 Å². The van der Waals surface area contributed by atoms with E-state index in [9.17, 15) is 0 Å². The van der Waals surface area contributed by atoms with Crippen LogP contribution in [-0.2, 0) is 6.42 Å². The molecule has 0 spiro atoms. The fourth-order valence-corrected chi connectivity index (χ4v) is 3.51. The maximum absolute atomic E-state index is 4.61. The lowest BCUT2D eigenvalue weighted by atomic mass is 10.0. The third kappa shape index (κ3) is 4.95. The van der Waals surface area contributed by atoms with Crippen molar-refractivity contribution in [2.45, 2.75) is 36.9 Å². The van der Waals surface area contributed by atoms with E-state index in [1.54, 1.807) is 11.8 Å². The average molecular weight is 343 g/mol. The molecule has 0 saturated carbocycles. The number of nitrogens with one attached hydrogen (secondary N) is 1. The van der Waals surface area contributed by atoms with Crippen molar-refractivity contribution < 1.29 is 0 Å². The van der Waals surface area contributed by atoms with Gasteiger partial charge in [0.05, 0.1) is 0 Å². The van der Waals surface area contributed by atoms with Gasteiger partial charge in [-0.25, -0.2) is 9.97 Å². The van der Waals surface area contributed by atoms with E-state index in [-0.39, 0.29) is 0 Å². The largest absolute Gasteiger partial charge is 0.356 e. The summed E-state index contributed by atoms with van der Waals surface area (Å²) in [7, 11) is 0. The van der Waals surface area contributed by atoms with Crippen LogP contribution in [0.3, 0.4) is 0 Å². The van der Waals surface area contributed by atoms with E-state index in [2.05, 4.69) is 50.5 Å². The van der Waals surface area contributed by atoms with Crippen molar-refractivity contribution in [2.75, 3.05) is 30.8 Å². The highest BCUT2D eigenvalue weighted by Gasteiger charge is 2.19. The molecular formula is C19H26N4S.